The van der Waals surface area contributed by atoms with Gasteiger partial charge in [-0.15, -0.1) is 0 Å². The molecule has 0 bridgehead atoms. The predicted octanol–water partition coefficient (Wildman–Crippen LogP) is 0.831. The van der Waals surface area contributed by atoms with Crippen LogP contribution in [0, 0.1) is 0 Å². The summed E-state index contributed by atoms with van der Waals surface area (Å²) in [6.07, 6.45) is -0.0858. The second-order valence-corrected chi connectivity index (χ2v) is 4.58. The van der Waals surface area contributed by atoms with Gasteiger partial charge < -0.3 is 20.1 Å². The molecule has 0 saturated heterocycles. The number of carboxylic acid groups (broad SMARTS) is 1. The molecular formula is C14H20N2O4. The van der Waals surface area contributed by atoms with Gasteiger partial charge in [-0.3, -0.25) is 9.59 Å². The first-order valence-electron chi connectivity index (χ1n) is 6.36. The molecular weight excluding hydrogens is 260 g/mol. The summed E-state index contributed by atoms with van der Waals surface area (Å²) in [6, 6.07) is 6.76. The van der Waals surface area contributed by atoms with Crippen molar-refractivity contribution in [3.8, 4) is 5.75 Å². The van der Waals surface area contributed by atoms with Crippen LogP contribution < -0.4 is 10.1 Å². The molecule has 0 aliphatic heterocycles. The van der Waals surface area contributed by atoms with Gasteiger partial charge in [0, 0.05) is 18.7 Å². The molecule has 0 fully saturated rings. The van der Waals surface area contributed by atoms with Gasteiger partial charge in [-0.05, 0) is 38.4 Å². The largest absolute Gasteiger partial charge is 0.492 e. The third-order valence-corrected chi connectivity index (χ3v) is 2.55. The van der Waals surface area contributed by atoms with Crippen molar-refractivity contribution in [1.29, 1.82) is 0 Å². The second-order valence-electron chi connectivity index (χ2n) is 4.58. The van der Waals surface area contributed by atoms with Gasteiger partial charge in [0.2, 0.25) is 0 Å². The lowest BCUT2D eigenvalue weighted by Crippen LogP contribution is -2.25. The number of carbonyl (C=O) groups excluding carboxylic acids is 1. The van der Waals surface area contributed by atoms with Crippen molar-refractivity contribution in [3.05, 3.63) is 29.8 Å². The number of aliphatic carboxylic acids is 1. The Balaban J connectivity index is 2.41. The van der Waals surface area contributed by atoms with E-state index in [9.17, 15) is 9.59 Å². The van der Waals surface area contributed by atoms with Gasteiger partial charge in [0.1, 0.15) is 12.4 Å². The number of carbonyl (C=O) groups is 2. The maximum absolute atomic E-state index is 11.7. The number of benzene rings is 1. The Kier molecular flexibility index (Phi) is 6.52. The van der Waals surface area contributed by atoms with E-state index in [1.54, 1.807) is 24.3 Å². The topological polar surface area (TPSA) is 78.9 Å². The Bertz CT molecular complexity index is 443. The minimum atomic E-state index is -0.935. The Morgan fingerprint density at radius 3 is 2.45 bits per heavy atom. The number of carboxylic acids is 1. The third kappa shape index (κ3) is 6.19. The van der Waals surface area contributed by atoms with Gasteiger partial charge in [-0.1, -0.05) is 0 Å². The highest BCUT2D eigenvalue weighted by Gasteiger charge is 2.06. The molecule has 6 nitrogen and oxygen atoms in total. The summed E-state index contributed by atoms with van der Waals surface area (Å²) < 4.78 is 5.51. The van der Waals surface area contributed by atoms with Crippen LogP contribution in [-0.4, -0.2) is 55.7 Å². The van der Waals surface area contributed by atoms with E-state index in [4.69, 9.17) is 9.84 Å². The fourth-order valence-electron chi connectivity index (χ4n) is 1.43. The number of likely N-dealkylation sites (N-methyl/N-ethyl adjacent to an activating group) is 1. The van der Waals surface area contributed by atoms with Crippen LogP contribution in [0.1, 0.15) is 16.8 Å². The molecule has 0 radical (unpaired) electrons. The zero-order chi connectivity index (χ0) is 15.0. The molecule has 0 unspecified atom stereocenters. The number of ether oxygens (including phenoxy) is 1. The second kappa shape index (κ2) is 8.16. The van der Waals surface area contributed by atoms with Crippen molar-refractivity contribution in [2.24, 2.45) is 0 Å². The van der Waals surface area contributed by atoms with Crippen LogP contribution >= 0.6 is 0 Å². The fraction of sp³-hybridized carbons (Fsp3) is 0.429. The minimum Gasteiger partial charge on any atom is -0.492 e. The van der Waals surface area contributed by atoms with Crippen molar-refractivity contribution in [3.63, 3.8) is 0 Å². The lowest BCUT2D eigenvalue weighted by Gasteiger charge is -2.11. The number of amides is 1. The normalized spacial score (nSPS) is 10.3. The van der Waals surface area contributed by atoms with E-state index >= 15 is 0 Å². The minimum absolute atomic E-state index is 0.0858. The van der Waals surface area contributed by atoms with Crippen LogP contribution in [0.2, 0.25) is 0 Å². The average Bonchev–Trinajstić information content (AvgIpc) is 2.38. The van der Waals surface area contributed by atoms with E-state index in [0.717, 1.165) is 6.54 Å². The zero-order valence-electron chi connectivity index (χ0n) is 11.8. The van der Waals surface area contributed by atoms with E-state index in [1.807, 2.05) is 19.0 Å². The van der Waals surface area contributed by atoms with Gasteiger partial charge in [-0.25, -0.2) is 0 Å². The van der Waals surface area contributed by atoms with E-state index < -0.39 is 5.97 Å². The highest BCUT2D eigenvalue weighted by molar-refractivity contribution is 5.94. The smallest absolute Gasteiger partial charge is 0.305 e. The molecule has 1 aromatic rings. The predicted molar refractivity (Wildman–Crippen MR) is 75.1 cm³/mol. The number of nitrogens with one attached hydrogen (secondary N) is 1. The Hall–Kier alpha value is -2.08. The molecule has 0 aromatic heterocycles. The number of rotatable bonds is 8. The van der Waals surface area contributed by atoms with Crippen molar-refractivity contribution in [2.75, 3.05) is 33.8 Å². The summed E-state index contributed by atoms with van der Waals surface area (Å²) in [4.78, 5) is 24.0. The van der Waals surface area contributed by atoms with Gasteiger partial charge >= 0.3 is 5.97 Å². The lowest BCUT2D eigenvalue weighted by molar-refractivity contribution is -0.136. The Morgan fingerprint density at radius 2 is 1.90 bits per heavy atom. The van der Waals surface area contributed by atoms with E-state index in [1.165, 1.54) is 0 Å². The first-order chi connectivity index (χ1) is 9.49. The Morgan fingerprint density at radius 1 is 1.25 bits per heavy atom. The molecule has 0 aliphatic carbocycles. The van der Waals surface area contributed by atoms with Crippen molar-refractivity contribution in [1.82, 2.24) is 10.2 Å². The lowest BCUT2D eigenvalue weighted by atomic mass is 10.2. The standard InChI is InChI=1S/C14H20N2O4/c1-16(2)9-10-20-12-5-3-11(4-6-12)14(19)15-8-7-13(17)18/h3-6H,7-10H2,1-2H3,(H,15,19)(H,17,18). The van der Waals surface area contributed by atoms with E-state index in [-0.39, 0.29) is 18.9 Å². The first-order valence-corrected chi connectivity index (χ1v) is 6.36. The summed E-state index contributed by atoms with van der Waals surface area (Å²) >= 11 is 0. The molecule has 6 heteroatoms. The van der Waals surface area contributed by atoms with Crippen LogP contribution in [0.5, 0.6) is 5.75 Å². The molecule has 0 saturated carbocycles. The number of hydrogen-bond donors (Lipinski definition) is 2. The molecule has 0 heterocycles. The molecule has 2 N–H and O–H groups in total. The maximum Gasteiger partial charge on any atom is 0.305 e. The highest BCUT2D eigenvalue weighted by Crippen LogP contribution is 2.12. The van der Waals surface area contributed by atoms with Gasteiger partial charge in [0.15, 0.2) is 0 Å². The Labute approximate surface area is 118 Å². The molecule has 1 rings (SSSR count). The van der Waals surface area contributed by atoms with Crippen LogP contribution in [0.3, 0.4) is 0 Å². The SMILES string of the molecule is CN(C)CCOc1ccc(C(=O)NCCC(=O)O)cc1. The highest BCUT2D eigenvalue weighted by atomic mass is 16.5. The monoisotopic (exact) mass is 280 g/mol. The van der Waals surface area contributed by atoms with Crippen molar-refractivity contribution in [2.45, 2.75) is 6.42 Å². The third-order valence-electron chi connectivity index (χ3n) is 2.55. The summed E-state index contributed by atoms with van der Waals surface area (Å²) in [5, 5.41) is 11.0. The van der Waals surface area contributed by atoms with Crippen molar-refractivity contribution < 1.29 is 19.4 Å². The summed E-state index contributed by atoms with van der Waals surface area (Å²) in [7, 11) is 3.93. The number of hydrogen-bond acceptors (Lipinski definition) is 4. The van der Waals surface area contributed by atoms with E-state index in [0.29, 0.717) is 17.9 Å². The molecule has 1 aromatic carbocycles. The average molecular weight is 280 g/mol. The van der Waals surface area contributed by atoms with Gasteiger partial charge in [0.25, 0.3) is 5.91 Å². The molecule has 0 spiro atoms. The molecule has 1 amide bonds. The quantitative estimate of drug-likeness (QED) is 0.737. The van der Waals surface area contributed by atoms with Gasteiger partial charge in [-0.2, -0.15) is 0 Å². The molecule has 0 atom stereocenters. The zero-order valence-corrected chi connectivity index (χ0v) is 11.8. The van der Waals surface area contributed by atoms with Crippen LogP contribution in [-0.2, 0) is 4.79 Å². The van der Waals surface area contributed by atoms with E-state index in [2.05, 4.69) is 5.32 Å². The van der Waals surface area contributed by atoms with Crippen LogP contribution in [0.4, 0.5) is 0 Å². The summed E-state index contributed by atoms with van der Waals surface area (Å²) in [6.45, 7) is 1.52. The van der Waals surface area contributed by atoms with Crippen LogP contribution in [0.25, 0.3) is 0 Å². The first kappa shape index (κ1) is 16.0. The fourth-order valence-corrected chi connectivity index (χ4v) is 1.43. The summed E-state index contributed by atoms with van der Waals surface area (Å²) in [5.41, 5.74) is 0.482. The molecule has 20 heavy (non-hydrogen) atoms. The van der Waals surface area contributed by atoms with Crippen LogP contribution in [0.15, 0.2) is 24.3 Å². The number of nitrogens with zero attached hydrogens (tertiary/aromatic N) is 1. The maximum atomic E-state index is 11.7. The molecule has 110 valence electrons. The summed E-state index contributed by atoms with van der Waals surface area (Å²) in [5.74, 6) is -0.519. The van der Waals surface area contributed by atoms with Gasteiger partial charge in [0.05, 0.1) is 6.42 Å². The molecule has 0 aliphatic rings. The van der Waals surface area contributed by atoms with Crippen molar-refractivity contribution >= 4 is 11.9 Å².